The molecule has 0 aliphatic heterocycles. The van der Waals surface area contributed by atoms with Crippen LogP contribution in [0.5, 0.6) is 0 Å². The summed E-state index contributed by atoms with van der Waals surface area (Å²) in [5, 5.41) is 0. The van der Waals surface area contributed by atoms with Crippen molar-refractivity contribution in [2.24, 2.45) is 0 Å². The van der Waals surface area contributed by atoms with Crippen molar-refractivity contribution in [2.45, 2.75) is 35.3 Å². The van der Waals surface area contributed by atoms with Crippen molar-refractivity contribution in [3.8, 4) is 0 Å². The molecule has 0 unspecified atom stereocenters. The number of hydrogen-bond donors (Lipinski definition) is 0. The van der Waals surface area contributed by atoms with Gasteiger partial charge < -0.3 is 4.74 Å². The minimum atomic E-state index is -3.69. The second-order valence-corrected chi connectivity index (χ2v) is 6.77. The lowest BCUT2D eigenvalue weighted by atomic mass is 10.1. The molecule has 1 aromatic rings. The van der Waals surface area contributed by atoms with Gasteiger partial charge in [-0.15, -0.1) is 0 Å². The van der Waals surface area contributed by atoms with E-state index in [0.717, 1.165) is 12.8 Å². The summed E-state index contributed by atoms with van der Waals surface area (Å²) in [4.78, 5) is 12.1. The van der Waals surface area contributed by atoms with Crippen LogP contribution in [0.1, 0.15) is 25.7 Å². The van der Waals surface area contributed by atoms with Crippen molar-refractivity contribution >= 4 is 15.8 Å². The molecular weight excluding hydrogens is 252 g/mol. The summed E-state index contributed by atoms with van der Waals surface area (Å²) in [6.07, 6.45) is 2.16. The molecule has 1 saturated carbocycles. The summed E-state index contributed by atoms with van der Waals surface area (Å²) >= 11 is 0. The zero-order chi connectivity index (χ0) is 13.2. The van der Waals surface area contributed by atoms with Crippen LogP contribution in [0.15, 0.2) is 35.2 Å². The smallest absolute Gasteiger partial charge is 0.327 e. The third kappa shape index (κ3) is 1.82. The second kappa shape index (κ2) is 4.72. The van der Waals surface area contributed by atoms with Crippen LogP contribution < -0.4 is 0 Å². The van der Waals surface area contributed by atoms with Crippen LogP contribution in [-0.4, -0.2) is 26.2 Å². The molecule has 0 N–H and O–H groups in total. The number of hydrogen-bond acceptors (Lipinski definition) is 4. The molecule has 4 nitrogen and oxygen atoms in total. The molecule has 0 amide bonds. The number of rotatable bonds is 3. The molecule has 0 bridgehead atoms. The van der Waals surface area contributed by atoms with Gasteiger partial charge in [-0.1, -0.05) is 31.0 Å². The number of sulfone groups is 1. The van der Waals surface area contributed by atoms with E-state index in [9.17, 15) is 13.2 Å². The standard InChI is InChI=1S/C13H16O4S/c1-17-12(14)13(9-5-6-10-13)18(15,16)11-7-3-2-4-8-11/h2-4,7-8H,5-6,9-10H2,1H3. The van der Waals surface area contributed by atoms with E-state index in [-0.39, 0.29) is 4.90 Å². The molecule has 1 aliphatic rings. The van der Waals surface area contributed by atoms with Crippen LogP contribution in [0.25, 0.3) is 0 Å². The van der Waals surface area contributed by atoms with Gasteiger partial charge in [0.1, 0.15) is 0 Å². The van der Waals surface area contributed by atoms with Crippen LogP contribution in [0.4, 0.5) is 0 Å². The number of carbonyl (C=O) groups excluding carboxylic acids is 1. The highest BCUT2D eigenvalue weighted by atomic mass is 32.2. The molecule has 1 aliphatic carbocycles. The number of carbonyl (C=O) groups is 1. The first-order valence-electron chi connectivity index (χ1n) is 5.93. The molecule has 0 aromatic heterocycles. The maximum atomic E-state index is 12.7. The Morgan fingerprint density at radius 3 is 2.22 bits per heavy atom. The van der Waals surface area contributed by atoms with Gasteiger partial charge >= 0.3 is 5.97 Å². The fourth-order valence-electron chi connectivity index (χ4n) is 2.54. The van der Waals surface area contributed by atoms with Gasteiger partial charge in [0.15, 0.2) is 14.6 Å². The Balaban J connectivity index is 2.53. The predicted octanol–water partition coefficient (Wildman–Crippen LogP) is 1.95. The van der Waals surface area contributed by atoms with Gasteiger partial charge in [0, 0.05) is 0 Å². The average Bonchev–Trinajstić information content (AvgIpc) is 2.90. The molecule has 0 heterocycles. The van der Waals surface area contributed by atoms with Crippen molar-refractivity contribution in [2.75, 3.05) is 7.11 Å². The summed E-state index contributed by atoms with van der Waals surface area (Å²) in [6, 6.07) is 8.12. The Bertz CT molecular complexity index is 527. The maximum Gasteiger partial charge on any atom is 0.327 e. The summed E-state index contributed by atoms with van der Waals surface area (Å²) < 4.78 is 28.7. The lowest BCUT2D eigenvalue weighted by molar-refractivity contribution is -0.143. The Hall–Kier alpha value is -1.36. The highest BCUT2D eigenvalue weighted by molar-refractivity contribution is 7.93. The number of methoxy groups -OCH3 is 1. The molecule has 98 valence electrons. The van der Waals surface area contributed by atoms with E-state index < -0.39 is 20.6 Å². The van der Waals surface area contributed by atoms with Crippen molar-refractivity contribution in [1.29, 1.82) is 0 Å². The molecule has 0 saturated heterocycles. The maximum absolute atomic E-state index is 12.7. The van der Waals surface area contributed by atoms with Crippen LogP contribution in [-0.2, 0) is 19.4 Å². The molecule has 0 spiro atoms. The summed E-state index contributed by atoms with van der Waals surface area (Å²) in [5.74, 6) is -0.635. The molecule has 18 heavy (non-hydrogen) atoms. The van der Waals surface area contributed by atoms with Gasteiger partial charge in [0.25, 0.3) is 0 Å². The van der Waals surface area contributed by atoms with Crippen molar-refractivity contribution in [1.82, 2.24) is 0 Å². The van der Waals surface area contributed by atoms with Crippen LogP contribution in [0, 0.1) is 0 Å². The van der Waals surface area contributed by atoms with Gasteiger partial charge in [-0.3, -0.25) is 4.79 Å². The monoisotopic (exact) mass is 268 g/mol. The predicted molar refractivity (Wildman–Crippen MR) is 66.8 cm³/mol. The van der Waals surface area contributed by atoms with Crippen molar-refractivity contribution in [3.05, 3.63) is 30.3 Å². The fraction of sp³-hybridized carbons (Fsp3) is 0.462. The quantitative estimate of drug-likeness (QED) is 0.786. The van der Waals surface area contributed by atoms with E-state index in [1.165, 1.54) is 19.2 Å². The second-order valence-electron chi connectivity index (χ2n) is 4.51. The first-order chi connectivity index (χ1) is 8.54. The molecule has 1 fully saturated rings. The first-order valence-corrected chi connectivity index (χ1v) is 7.41. The van der Waals surface area contributed by atoms with Crippen molar-refractivity contribution in [3.63, 3.8) is 0 Å². The normalized spacial score (nSPS) is 18.5. The van der Waals surface area contributed by atoms with Crippen LogP contribution in [0.2, 0.25) is 0 Å². The SMILES string of the molecule is COC(=O)C1(S(=O)(=O)c2ccccc2)CCCC1. The summed E-state index contributed by atoms with van der Waals surface area (Å²) in [7, 11) is -2.45. The zero-order valence-electron chi connectivity index (χ0n) is 10.3. The van der Waals surface area contributed by atoms with E-state index in [4.69, 9.17) is 4.74 Å². The Morgan fingerprint density at radius 1 is 1.17 bits per heavy atom. The van der Waals surface area contributed by atoms with Gasteiger partial charge in [-0.05, 0) is 25.0 Å². The number of ether oxygens (including phenoxy) is 1. The van der Waals surface area contributed by atoms with E-state index in [0.29, 0.717) is 12.8 Å². The Morgan fingerprint density at radius 2 is 1.72 bits per heavy atom. The van der Waals surface area contributed by atoms with Crippen molar-refractivity contribution < 1.29 is 17.9 Å². The van der Waals surface area contributed by atoms with E-state index in [2.05, 4.69) is 0 Å². The first kappa shape index (κ1) is 13.1. The van der Waals surface area contributed by atoms with E-state index >= 15 is 0 Å². The van der Waals surface area contributed by atoms with E-state index in [1.807, 2.05) is 0 Å². The highest BCUT2D eigenvalue weighted by Crippen LogP contribution is 2.41. The lowest BCUT2D eigenvalue weighted by Gasteiger charge is -2.25. The number of benzene rings is 1. The van der Waals surface area contributed by atoms with E-state index in [1.54, 1.807) is 18.2 Å². The Labute approximate surface area is 107 Å². The van der Waals surface area contributed by atoms with Gasteiger partial charge in [-0.25, -0.2) is 8.42 Å². The third-order valence-electron chi connectivity index (χ3n) is 3.54. The molecule has 1 aromatic carbocycles. The minimum absolute atomic E-state index is 0.192. The minimum Gasteiger partial charge on any atom is -0.468 e. The lowest BCUT2D eigenvalue weighted by Crippen LogP contribution is -2.44. The molecular formula is C13H16O4S. The highest BCUT2D eigenvalue weighted by Gasteiger charge is 2.53. The topological polar surface area (TPSA) is 60.4 Å². The molecule has 0 radical (unpaired) electrons. The van der Waals surface area contributed by atoms with Crippen LogP contribution >= 0.6 is 0 Å². The molecule has 2 rings (SSSR count). The van der Waals surface area contributed by atoms with Gasteiger partial charge in [0.05, 0.1) is 12.0 Å². The van der Waals surface area contributed by atoms with Gasteiger partial charge in [0.2, 0.25) is 0 Å². The third-order valence-corrected chi connectivity index (χ3v) is 6.03. The molecule has 5 heteroatoms. The fourth-order valence-corrected chi connectivity index (χ4v) is 4.64. The average molecular weight is 268 g/mol. The zero-order valence-corrected chi connectivity index (χ0v) is 11.1. The van der Waals surface area contributed by atoms with Crippen LogP contribution in [0.3, 0.4) is 0 Å². The van der Waals surface area contributed by atoms with Gasteiger partial charge in [-0.2, -0.15) is 0 Å². The summed E-state index contributed by atoms with van der Waals surface area (Å²) in [6.45, 7) is 0. The summed E-state index contributed by atoms with van der Waals surface area (Å²) in [5.41, 5.74) is 0. The molecule has 0 atom stereocenters. The Kier molecular flexibility index (Phi) is 3.43. The largest absolute Gasteiger partial charge is 0.468 e. The number of esters is 1.